The summed E-state index contributed by atoms with van der Waals surface area (Å²) in [4.78, 5) is 58.2. The predicted molar refractivity (Wildman–Crippen MR) is 196 cm³/mol. The highest BCUT2D eigenvalue weighted by Gasteiger charge is 2.59. The molecule has 0 bridgehead atoms. The molecule has 0 unspecified atom stereocenters. The molecule has 2 N–H and O–H groups in total. The number of fused-ring (bicyclic) bond motifs is 1. The van der Waals surface area contributed by atoms with E-state index >= 15 is 4.39 Å². The summed E-state index contributed by atoms with van der Waals surface area (Å²) in [6.45, 7) is 11.7. The maximum atomic E-state index is 16.8. The van der Waals surface area contributed by atoms with E-state index in [1.807, 2.05) is 11.8 Å². The minimum Gasteiger partial charge on any atom is -0.455 e. The van der Waals surface area contributed by atoms with Crippen LogP contribution in [0, 0.1) is 29.6 Å². The molecule has 3 saturated heterocycles. The first-order chi connectivity index (χ1) is 26.6. The number of aryl methyl sites for hydroxylation is 1. The molecule has 2 aromatic heterocycles. The molecule has 0 spiro atoms. The van der Waals surface area contributed by atoms with Crippen LogP contribution in [0.25, 0.3) is 11.5 Å². The Hall–Kier alpha value is -4.35. The first kappa shape index (κ1) is 43.8. The number of tetrazole rings is 1. The van der Waals surface area contributed by atoms with Crippen LogP contribution in [0.1, 0.15) is 80.4 Å². The van der Waals surface area contributed by atoms with Crippen LogP contribution in [-0.4, -0.2) is 139 Å². The summed E-state index contributed by atoms with van der Waals surface area (Å²) < 4.78 is 52.6. The molecular weight excluding hydrogens is 749 g/mol. The van der Waals surface area contributed by atoms with E-state index in [0.717, 1.165) is 6.92 Å². The van der Waals surface area contributed by atoms with Crippen molar-refractivity contribution in [3.8, 4) is 23.4 Å². The number of Topliss-reactive ketones (excluding diaryl/α,β-unsaturated/α-hetero) is 2. The number of amides is 1. The molecule has 0 saturated carbocycles. The van der Waals surface area contributed by atoms with Crippen molar-refractivity contribution in [2.75, 3.05) is 20.7 Å². The summed E-state index contributed by atoms with van der Waals surface area (Å²) in [7, 11) is 5.19. The van der Waals surface area contributed by atoms with Gasteiger partial charge in [-0.3, -0.25) is 9.59 Å². The van der Waals surface area contributed by atoms with E-state index in [9.17, 15) is 24.3 Å². The summed E-state index contributed by atoms with van der Waals surface area (Å²) in [5.74, 6) is -0.207. The first-order valence-electron chi connectivity index (χ1n) is 19.1. The van der Waals surface area contributed by atoms with Crippen molar-refractivity contribution < 1.29 is 56.9 Å². The fourth-order valence-corrected chi connectivity index (χ4v) is 8.28. The van der Waals surface area contributed by atoms with Crippen LogP contribution in [0.4, 0.5) is 9.18 Å². The molecule has 0 radical (unpaired) electrons. The SMILES string of the molecule is CC[C@@H]1OC(=O)[C@@](C)(F)C(=O)[C@H](C)[C@@H](O[C@@H]2O[C@H](C)C[C@H](N(C)C)[C@H]2O)[C@@](C)(OCC#Cc2cc(-c3nnn(C)n3)no2)C[C@@H](C)C(=O)[C@@H](C)[C@H]2NC(=O)O[C@]12C. The van der Waals surface area contributed by atoms with Gasteiger partial charge in [-0.05, 0) is 72.2 Å². The number of alkyl halides is 1. The van der Waals surface area contributed by atoms with Crippen LogP contribution < -0.4 is 5.32 Å². The number of ether oxygens (including phenoxy) is 5. The zero-order chi connectivity index (χ0) is 42.2. The topological polar surface area (TPSA) is 220 Å². The lowest BCUT2D eigenvalue weighted by Crippen LogP contribution is -2.61. The second-order valence-electron chi connectivity index (χ2n) is 16.2. The molecule has 314 valence electrons. The Morgan fingerprint density at radius 3 is 2.46 bits per heavy atom. The minimum atomic E-state index is -3.23. The first-order valence-corrected chi connectivity index (χ1v) is 19.1. The third-order valence-electron chi connectivity index (χ3n) is 11.4. The number of cyclic esters (lactones) is 1. The van der Waals surface area contributed by atoms with Gasteiger partial charge in [0.1, 0.15) is 24.6 Å². The minimum absolute atomic E-state index is 0.0669. The number of hydrogen-bond acceptors (Lipinski definition) is 16. The van der Waals surface area contributed by atoms with Crippen molar-refractivity contribution >= 4 is 23.6 Å². The van der Waals surface area contributed by atoms with Gasteiger partial charge >= 0.3 is 12.1 Å². The Bertz CT molecular complexity index is 1880. The third kappa shape index (κ3) is 8.89. The Morgan fingerprint density at radius 1 is 1.12 bits per heavy atom. The van der Waals surface area contributed by atoms with Crippen molar-refractivity contribution in [3.05, 3.63) is 11.8 Å². The molecule has 19 heteroatoms. The summed E-state index contributed by atoms with van der Waals surface area (Å²) in [6.07, 6.45) is -6.08. The van der Waals surface area contributed by atoms with Gasteiger partial charge in [0, 0.05) is 29.9 Å². The molecule has 1 amide bonds. The molecule has 5 rings (SSSR count). The molecule has 18 nitrogen and oxygen atoms in total. The van der Waals surface area contributed by atoms with Crippen LogP contribution in [0.3, 0.4) is 0 Å². The number of carbonyl (C=O) groups is 4. The van der Waals surface area contributed by atoms with Gasteiger partial charge < -0.3 is 43.5 Å². The summed E-state index contributed by atoms with van der Waals surface area (Å²) in [5, 5.41) is 29.9. The maximum absolute atomic E-state index is 16.8. The average molecular weight is 804 g/mol. The number of ketones is 2. The number of hydrogen-bond donors (Lipinski definition) is 2. The maximum Gasteiger partial charge on any atom is 0.408 e. The van der Waals surface area contributed by atoms with E-state index in [1.165, 1.54) is 24.7 Å². The number of rotatable bonds is 7. The van der Waals surface area contributed by atoms with Gasteiger partial charge in [-0.25, -0.2) is 14.0 Å². The van der Waals surface area contributed by atoms with Crippen LogP contribution in [0.2, 0.25) is 0 Å². The standard InChI is InChI=1S/C38H54FN7O11/c1-12-26-38(8)29(40-35(51)56-38)21(4)27(47)19(2)18-36(6,52-15-13-14-23-17-24(43-57-23)32-41-44-46(11)42-32)31(22(5)30(49)37(7,39)34(50)54-26)55-33-28(48)25(45(9)10)16-20(3)53-33/h17,19-22,25-26,28-29,31,33,48H,12,15-16,18H2,1-11H3,(H,40,51)/t19-,20-,21-,22+,25+,26+,28-,29-,31-,33+,36+,37+,38-/m1/s1. The van der Waals surface area contributed by atoms with Gasteiger partial charge in [-0.1, -0.05) is 38.8 Å². The molecule has 13 atom stereocenters. The van der Waals surface area contributed by atoms with Crippen LogP contribution >= 0.6 is 0 Å². The lowest BCUT2D eigenvalue weighted by Gasteiger charge is -2.47. The van der Waals surface area contributed by atoms with Crippen molar-refractivity contribution in [3.63, 3.8) is 0 Å². The average Bonchev–Trinajstić information content (AvgIpc) is 3.88. The number of aromatic nitrogens is 5. The lowest BCUT2D eigenvalue weighted by molar-refractivity contribution is -0.296. The van der Waals surface area contributed by atoms with E-state index in [4.69, 9.17) is 28.2 Å². The molecule has 3 aliphatic rings. The number of nitrogens with one attached hydrogen (secondary N) is 1. The van der Waals surface area contributed by atoms with E-state index in [0.29, 0.717) is 12.1 Å². The molecule has 3 aliphatic heterocycles. The molecule has 2 aromatic rings. The lowest BCUT2D eigenvalue weighted by atomic mass is 9.73. The number of likely N-dealkylation sites (N-methyl/N-ethyl adjacent to an activating group) is 1. The van der Waals surface area contributed by atoms with Crippen molar-refractivity contribution in [1.82, 2.24) is 35.6 Å². The van der Waals surface area contributed by atoms with Crippen LogP contribution in [-0.2, 0) is 45.1 Å². The summed E-state index contributed by atoms with van der Waals surface area (Å²) in [6, 6.07) is 0.0952. The molecule has 3 fully saturated rings. The van der Waals surface area contributed by atoms with Crippen LogP contribution in [0.15, 0.2) is 10.6 Å². The zero-order valence-electron chi connectivity index (χ0n) is 34.3. The molecular formula is C38H54FN7O11. The van der Waals surface area contributed by atoms with Crippen molar-refractivity contribution in [1.29, 1.82) is 0 Å². The second-order valence-corrected chi connectivity index (χ2v) is 16.2. The van der Waals surface area contributed by atoms with Gasteiger partial charge in [0.15, 0.2) is 23.4 Å². The number of aliphatic hydroxyl groups excluding tert-OH is 1. The van der Waals surface area contributed by atoms with Crippen LogP contribution in [0.5, 0.6) is 0 Å². The van der Waals surface area contributed by atoms with Crippen molar-refractivity contribution in [2.45, 2.75) is 134 Å². The fourth-order valence-electron chi connectivity index (χ4n) is 8.28. The summed E-state index contributed by atoms with van der Waals surface area (Å²) in [5.41, 5.74) is -6.19. The second kappa shape index (κ2) is 16.9. The van der Waals surface area contributed by atoms with Crippen molar-refractivity contribution in [2.24, 2.45) is 24.8 Å². The monoisotopic (exact) mass is 803 g/mol. The van der Waals surface area contributed by atoms with Gasteiger partial charge in [0.25, 0.3) is 5.67 Å². The number of carbonyl (C=O) groups excluding carboxylic acids is 4. The Morgan fingerprint density at radius 2 is 1.82 bits per heavy atom. The molecule has 57 heavy (non-hydrogen) atoms. The van der Waals surface area contributed by atoms with E-state index in [2.05, 4.69) is 37.7 Å². The normalized spacial score (nSPS) is 38.1. The quantitative estimate of drug-likeness (QED) is 0.233. The smallest absolute Gasteiger partial charge is 0.408 e. The molecule has 5 heterocycles. The Balaban J connectivity index is 1.57. The Labute approximate surface area is 330 Å². The van der Waals surface area contributed by atoms with E-state index < -0.39 is 95.3 Å². The third-order valence-corrected chi connectivity index (χ3v) is 11.4. The zero-order valence-corrected chi connectivity index (χ0v) is 34.3. The number of alkyl carbamates (subject to hydrolysis) is 1. The largest absolute Gasteiger partial charge is 0.455 e. The Kier molecular flexibility index (Phi) is 12.9. The fraction of sp³-hybridized carbons (Fsp3) is 0.737. The van der Waals surface area contributed by atoms with Gasteiger partial charge in [0.05, 0.1) is 30.9 Å². The predicted octanol–water partition coefficient (Wildman–Crippen LogP) is 2.17. The number of halogens is 1. The number of nitrogens with zero attached hydrogens (tertiary/aromatic N) is 6. The van der Waals surface area contributed by atoms with E-state index in [1.54, 1.807) is 48.8 Å². The highest BCUT2D eigenvalue weighted by atomic mass is 19.1. The molecule has 0 aliphatic carbocycles. The number of aliphatic hydroxyl groups is 1. The highest BCUT2D eigenvalue weighted by Crippen LogP contribution is 2.41. The van der Waals surface area contributed by atoms with Gasteiger partial charge in [0.2, 0.25) is 11.6 Å². The highest BCUT2D eigenvalue weighted by molar-refractivity contribution is 6.08. The number of esters is 1. The molecule has 0 aromatic carbocycles. The summed E-state index contributed by atoms with van der Waals surface area (Å²) >= 11 is 0. The van der Waals surface area contributed by atoms with E-state index in [-0.39, 0.29) is 36.8 Å². The van der Waals surface area contributed by atoms with Gasteiger partial charge in [-0.2, -0.15) is 4.80 Å². The van der Waals surface area contributed by atoms with Gasteiger partial charge in [-0.15, -0.1) is 10.2 Å².